The standard InChI is InChI=1S/C29H51NO3SSi.C17H31NOSSi/c1-22(13-12-14-23(2)20-32-28-15-10-11-18-31-28)16-17-27(33-35(8,9)29(5,6)7)24(3)19-26-21-34-25(4)30-26;1-9-10-16(19-21(7,8)17(4,5)6)13(2)11-15-12-20-14(3)18-15/h16,19,21,23,27-28H,10-15,17-18,20H2,1-9H3;11-12,16H,9-10H2,1-8H3/b22-16?,24-19+;13-11+/t23-,27-,28?;16-/m00/s1. The van der Waals surface area contributed by atoms with Crippen LogP contribution in [0.15, 0.2) is 33.6 Å². The monoisotopic (exact) mass is 847 g/mol. The van der Waals surface area contributed by atoms with Gasteiger partial charge in [-0.1, -0.05) is 73.5 Å². The number of rotatable bonds is 19. The Morgan fingerprint density at radius 1 is 0.839 bits per heavy atom. The van der Waals surface area contributed by atoms with E-state index < -0.39 is 16.6 Å². The molecule has 0 N–H and O–H groups in total. The van der Waals surface area contributed by atoms with Crippen molar-refractivity contribution in [3.63, 3.8) is 0 Å². The van der Waals surface area contributed by atoms with Gasteiger partial charge < -0.3 is 18.3 Å². The molecule has 0 bridgehead atoms. The van der Waals surface area contributed by atoms with Crippen LogP contribution < -0.4 is 0 Å². The molecule has 0 spiro atoms. The number of thiazole rings is 2. The lowest BCUT2D eigenvalue weighted by Gasteiger charge is -2.39. The summed E-state index contributed by atoms with van der Waals surface area (Å²) in [5, 5.41) is 6.90. The molecule has 1 aliphatic rings. The molecule has 0 aliphatic carbocycles. The second-order valence-electron chi connectivity index (χ2n) is 19.3. The number of hydrogen-bond acceptors (Lipinski definition) is 8. The smallest absolute Gasteiger partial charge is 0.192 e. The van der Waals surface area contributed by atoms with E-state index in [1.54, 1.807) is 22.7 Å². The fourth-order valence-corrected chi connectivity index (χ4v) is 9.77. The molecule has 3 rings (SSSR count). The van der Waals surface area contributed by atoms with E-state index >= 15 is 0 Å². The van der Waals surface area contributed by atoms with E-state index in [9.17, 15) is 0 Å². The Morgan fingerprint density at radius 3 is 1.80 bits per heavy atom. The van der Waals surface area contributed by atoms with Gasteiger partial charge in [-0.2, -0.15) is 0 Å². The zero-order chi connectivity index (χ0) is 42.3. The van der Waals surface area contributed by atoms with Crippen molar-refractivity contribution >= 4 is 51.5 Å². The van der Waals surface area contributed by atoms with Crippen molar-refractivity contribution in [2.75, 3.05) is 13.2 Å². The molecule has 10 heteroatoms. The summed E-state index contributed by atoms with van der Waals surface area (Å²) in [5.41, 5.74) is 6.13. The molecule has 0 aromatic carbocycles. The van der Waals surface area contributed by atoms with Gasteiger partial charge in [0.2, 0.25) is 0 Å². The number of aryl methyl sites for hydroxylation is 2. The van der Waals surface area contributed by atoms with Gasteiger partial charge in [0.1, 0.15) is 0 Å². The van der Waals surface area contributed by atoms with Gasteiger partial charge >= 0.3 is 0 Å². The largest absolute Gasteiger partial charge is 0.410 e. The van der Waals surface area contributed by atoms with Gasteiger partial charge in [0.25, 0.3) is 0 Å². The Labute approximate surface area is 354 Å². The van der Waals surface area contributed by atoms with Crippen molar-refractivity contribution in [2.24, 2.45) is 5.92 Å². The van der Waals surface area contributed by atoms with Gasteiger partial charge in [-0.25, -0.2) is 9.97 Å². The van der Waals surface area contributed by atoms with Crippen LogP contribution >= 0.6 is 22.7 Å². The molecule has 56 heavy (non-hydrogen) atoms. The molecule has 0 radical (unpaired) electrons. The Balaban J connectivity index is 0.000000440. The highest BCUT2D eigenvalue weighted by Gasteiger charge is 2.40. The van der Waals surface area contributed by atoms with Crippen LogP contribution in [0.1, 0.15) is 155 Å². The number of nitrogens with zero attached hydrogens (tertiary/aromatic N) is 2. The third kappa shape index (κ3) is 18.3. The van der Waals surface area contributed by atoms with Crippen LogP contribution in [0.3, 0.4) is 0 Å². The molecule has 320 valence electrons. The zero-order valence-electron chi connectivity index (χ0n) is 38.8. The van der Waals surface area contributed by atoms with Gasteiger partial charge in [0.05, 0.1) is 40.2 Å². The first-order valence-corrected chi connectivity index (χ1v) is 29.0. The molecule has 0 saturated carbocycles. The first-order valence-electron chi connectivity index (χ1n) is 21.4. The Kier molecular flexibility index (Phi) is 21.4. The van der Waals surface area contributed by atoms with E-state index in [0.717, 1.165) is 66.7 Å². The van der Waals surface area contributed by atoms with Crippen molar-refractivity contribution in [1.82, 2.24) is 9.97 Å². The summed E-state index contributed by atoms with van der Waals surface area (Å²) in [6.07, 6.45) is 17.2. The second kappa shape index (κ2) is 23.5. The highest BCUT2D eigenvalue weighted by molar-refractivity contribution is 7.09. The van der Waals surface area contributed by atoms with E-state index in [1.165, 1.54) is 42.4 Å². The maximum Gasteiger partial charge on any atom is 0.192 e. The van der Waals surface area contributed by atoms with Gasteiger partial charge in [-0.05, 0) is 151 Å². The van der Waals surface area contributed by atoms with E-state index in [1.807, 2.05) is 6.92 Å². The van der Waals surface area contributed by atoms with Crippen LogP contribution in [-0.4, -0.2) is 58.3 Å². The van der Waals surface area contributed by atoms with Crippen molar-refractivity contribution < 1.29 is 18.3 Å². The van der Waals surface area contributed by atoms with Crippen LogP contribution in [0.4, 0.5) is 0 Å². The number of hydrogen-bond donors (Lipinski definition) is 0. The number of aromatic nitrogens is 2. The average molecular weight is 847 g/mol. The molecule has 1 aliphatic heterocycles. The summed E-state index contributed by atoms with van der Waals surface area (Å²) >= 11 is 3.40. The Morgan fingerprint density at radius 2 is 1.36 bits per heavy atom. The van der Waals surface area contributed by atoms with Crippen LogP contribution in [-0.2, 0) is 18.3 Å². The Hall–Kier alpha value is -1.25. The SMILES string of the molecule is CC(=CC[C@H](O[Si](C)(C)C(C)(C)C)/C(C)=C/c1csc(C)n1)CCC[C@H](C)COC1CCCCO1.CCC[C@H](O[Si](C)(C)C(C)(C)C)/C(C)=C/c1csc(C)n1. The maximum absolute atomic E-state index is 6.90. The average Bonchev–Trinajstić information content (AvgIpc) is 3.71. The van der Waals surface area contributed by atoms with Gasteiger partial charge in [-0.15, -0.1) is 22.7 Å². The lowest BCUT2D eigenvalue weighted by Crippen LogP contribution is -2.44. The lowest BCUT2D eigenvalue weighted by molar-refractivity contribution is -0.168. The number of ether oxygens (including phenoxy) is 2. The normalized spacial score (nSPS) is 18.4. The molecule has 1 saturated heterocycles. The predicted octanol–water partition coefficient (Wildman–Crippen LogP) is 15.0. The maximum atomic E-state index is 6.90. The second-order valence-corrected chi connectivity index (χ2v) is 30.9. The van der Waals surface area contributed by atoms with Gasteiger partial charge in [0, 0.05) is 17.4 Å². The molecule has 6 nitrogen and oxygen atoms in total. The summed E-state index contributed by atoms with van der Waals surface area (Å²) in [6.45, 7) is 40.1. The lowest BCUT2D eigenvalue weighted by atomic mass is 10.0. The van der Waals surface area contributed by atoms with Crippen molar-refractivity contribution in [1.29, 1.82) is 0 Å². The molecule has 2 aromatic heterocycles. The third-order valence-electron chi connectivity index (χ3n) is 11.7. The van der Waals surface area contributed by atoms with Crippen LogP contribution in [0, 0.1) is 19.8 Å². The minimum Gasteiger partial charge on any atom is -0.410 e. The highest BCUT2D eigenvalue weighted by Crippen LogP contribution is 2.40. The van der Waals surface area contributed by atoms with Crippen LogP contribution in [0.5, 0.6) is 0 Å². The molecular weight excluding hydrogens is 765 g/mol. The molecule has 0 amide bonds. The summed E-state index contributed by atoms with van der Waals surface area (Å²) in [4.78, 5) is 9.18. The minimum absolute atomic E-state index is 0.0233. The van der Waals surface area contributed by atoms with E-state index in [2.05, 4.69) is 148 Å². The topological polar surface area (TPSA) is 62.7 Å². The Bertz CT molecular complexity index is 1520. The summed E-state index contributed by atoms with van der Waals surface area (Å²) in [6, 6.07) is 0. The van der Waals surface area contributed by atoms with E-state index in [0.29, 0.717) is 5.92 Å². The first kappa shape index (κ1) is 50.9. The van der Waals surface area contributed by atoms with E-state index in [4.69, 9.17) is 18.3 Å². The summed E-state index contributed by atoms with van der Waals surface area (Å²) < 4.78 is 25.2. The minimum atomic E-state index is -1.89. The predicted molar refractivity (Wildman–Crippen MR) is 251 cm³/mol. The molecule has 4 atom stereocenters. The zero-order valence-corrected chi connectivity index (χ0v) is 42.5. The molecule has 2 aromatic rings. The van der Waals surface area contributed by atoms with E-state index in [-0.39, 0.29) is 28.6 Å². The van der Waals surface area contributed by atoms with Crippen molar-refractivity contribution in [3.05, 3.63) is 55.0 Å². The molecule has 1 fully saturated rings. The fraction of sp³-hybridized carbons (Fsp3) is 0.739. The molecule has 3 heterocycles. The third-order valence-corrected chi connectivity index (χ3v) is 22.3. The molecule has 1 unspecified atom stereocenters. The summed E-state index contributed by atoms with van der Waals surface area (Å²) in [5.74, 6) is 0.565. The van der Waals surface area contributed by atoms with Crippen LogP contribution in [0.25, 0.3) is 12.2 Å². The highest BCUT2D eigenvalue weighted by atomic mass is 32.1. The van der Waals surface area contributed by atoms with Gasteiger partial charge in [-0.3, -0.25) is 0 Å². The summed E-state index contributed by atoms with van der Waals surface area (Å²) in [7, 11) is -3.63. The van der Waals surface area contributed by atoms with Crippen molar-refractivity contribution in [3.8, 4) is 0 Å². The first-order chi connectivity index (χ1) is 25.9. The quantitative estimate of drug-likeness (QED) is 0.104. The fourth-order valence-electron chi connectivity index (χ4n) is 5.92. The van der Waals surface area contributed by atoms with Crippen molar-refractivity contribution in [2.45, 2.75) is 203 Å². The molecular formula is C46H82N2O4S2Si2. The van der Waals surface area contributed by atoms with Gasteiger partial charge in [0.15, 0.2) is 22.9 Å². The van der Waals surface area contributed by atoms with Crippen LogP contribution in [0.2, 0.25) is 36.3 Å². The number of allylic oxidation sites excluding steroid dienone is 1.